The highest BCUT2D eigenvalue weighted by atomic mass is 19.1. The summed E-state index contributed by atoms with van der Waals surface area (Å²) in [5, 5.41) is 2.33. The van der Waals surface area contributed by atoms with E-state index in [2.05, 4.69) is 11.1 Å². The fourth-order valence-electron chi connectivity index (χ4n) is 3.90. The lowest BCUT2D eigenvalue weighted by molar-refractivity contribution is 0.630. The summed E-state index contributed by atoms with van der Waals surface area (Å²) in [4.78, 5) is 9.32. The zero-order valence-electron chi connectivity index (χ0n) is 13.1. The van der Waals surface area contributed by atoms with Gasteiger partial charge in [-0.1, -0.05) is 18.2 Å². The first-order valence-corrected chi connectivity index (χ1v) is 8.27. The number of pyridine rings is 2. The maximum Gasteiger partial charge on any atom is 0.132 e. The van der Waals surface area contributed by atoms with E-state index in [9.17, 15) is 4.39 Å². The molecular weight excluding hydrogens is 299 g/mol. The van der Waals surface area contributed by atoms with Crippen LogP contribution in [0.4, 0.5) is 4.39 Å². The van der Waals surface area contributed by atoms with Gasteiger partial charge in [-0.2, -0.15) is 0 Å². The first kappa shape index (κ1) is 13.6. The van der Waals surface area contributed by atoms with Crippen LogP contribution in [0.25, 0.3) is 33.1 Å². The molecule has 4 aromatic rings. The van der Waals surface area contributed by atoms with Crippen molar-refractivity contribution in [3.8, 4) is 11.3 Å². The number of hydrogen-bond acceptors (Lipinski definition) is 2. The van der Waals surface area contributed by atoms with Crippen LogP contribution < -0.4 is 0 Å². The molecule has 1 aliphatic carbocycles. The number of hydrogen-bond donors (Lipinski definition) is 0. The van der Waals surface area contributed by atoms with Gasteiger partial charge in [0.15, 0.2) is 0 Å². The summed E-state index contributed by atoms with van der Waals surface area (Å²) in [6, 6.07) is 15.0. The molecule has 0 bridgehead atoms. The van der Waals surface area contributed by atoms with Crippen molar-refractivity contribution in [2.75, 3.05) is 0 Å². The van der Waals surface area contributed by atoms with Gasteiger partial charge in [0, 0.05) is 22.5 Å². The van der Waals surface area contributed by atoms with Crippen LogP contribution in [0.1, 0.15) is 17.5 Å². The van der Waals surface area contributed by atoms with E-state index in [0.717, 1.165) is 41.4 Å². The summed E-state index contributed by atoms with van der Waals surface area (Å²) in [6.45, 7) is 0. The zero-order valence-corrected chi connectivity index (χ0v) is 13.1. The fourth-order valence-corrected chi connectivity index (χ4v) is 3.90. The van der Waals surface area contributed by atoms with Crippen molar-refractivity contribution in [3.63, 3.8) is 0 Å². The summed E-state index contributed by atoms with van der Waals surface area (Å²) in [5.74, 6) is -0.207. The highest BCUT2D eigenvalue weighted by Gasteiger charge is 2.23. The van der Waals surface area contributed by atoms with Gasteiger partial charge in [0.25, 0.3) is 0 Å². The second-order valence-electron chi connectivity index (χ2n) is 6.28. The topological polar surface area (TPSA) is 25.8 Å². The molecule has 0 spiro atoms. The van der Waals surface area contributed by atoms with Gasteiger partial charge in [-0.3, -0.25) is 4.98 Å². The van der Waals surface area contributed by atoms with Crippen molar-refractivity contribution in [2.45, 2.75) is 19.3 Å². The van der Waals surface area contributed by atoms with Crippen molar-refractivity contribution in [3.05, 3.63) is 71.7 Å². The van der Waals surface area contributed by atoms with E-state index < -0.39 is 0 Å². The average molecular weight is 314 g/mol. The molecule has 2 nitrogen and oxygen atoms in total. The summed E-state index contributed by atoms with van der Waals surface area (Å²) in [5.41, 5.74) is 5.83. The van der Waals surface area contributed by atoms with Gasteiger partial charge in [0.2, 0.25) is 0 Å². The number of nitrogens with zero attached hydrogens (tertiary/aromatic N) is 2. The van der Waals surface area contributed by atoms with Crippen molar-refractivity contribution in [1.82, 2.24) is 9.97 Å². The van der Waals surface area contributed by atoms with Crippen molar-refractivity contribution >= 4 is 21.8 Å². The molecule has 0 radical (unpaired) electrons. The molecule has 24 heavy (non-hydrogen) atoms. The van der Waals surface area contributed by atoms with E-state index >= 15 is 0 Å². The van der Waals surface area contributed by atoms with Gasteiger partial charge in [0.1, 0.15) is 5.82 Å². The van der Waals surface area contributed by atoms with E-state index in [1.807, 2.05) is 36.5 Å². The Bertz CT molecular complexity index is 1100. The molecule has 0 atom stereocenters. The van der Waals surface area contributed by atoms with E-state index in [1.54, 1.807) is 6.07 Å². The lowest BCUT2D eigenvalue weighted by Crippen LogP contribution is -1.98. The Labute approximate surface area is 139 Å². The Hall–Kier alpha value is -2.81. The molecule has 2 heterocycles. The lowest BCUT2D eigenvalue weighted by Gasteiger charge is -2.13. The number of benzene rings is 2. The van der Waals surface area contributed by atoms with E-state index in [1.165, 1.54) is 22.6 Å². The quantitative estimate of drug-likeness (QED) is 0.458. The predicted molar refractivity (Wildman–Crippen MR) is 94.5 cm³/mol. The molecule has 0 saturated carbocycles. The minimum absolute atomic E-state index is 0.207. The first-order chi connectivity index (χ1) is 11.8. The summed E-state index contributed by atoms with van der Waals surface area (Å²) < 4.78 is 14.3. The van der Waals surface area contributed by atoms with Crippen LogP contribution in [-0.4, -0.2) is 9.97 Å². The third-order valence-corrected chi connectivity index (χ3v) is 4.93. The van der Waals surface area contributed by atoms with Gasteiger partial charge in [0.05, 0.1) is 16.7 Å². The summed E-state index contributed by atoms with van der Waals surface area (Å²) >= 11 is 0. The number of aryl methyl sites for hydroxylation is 1. The molecule has 2 aromatic heterocycles. The summed E-state index contributed by atoms with van der Waals surface area (Å²) in [7, 11) is 0. The average Bonchev–Trinajstić information content (AvgIpc) is 3.11. The van der Waals surface area contributed by atoms with Crippen LogP contribution in [0.15, 0.2) is 54.7 Å². The highest BCUT2D eigenvalue weighted by molar-refractivity contribution is 6.08. The standard InChI is InChI=1S/C21H15FN2/c22-17-9-2-1-5-15(17)21-14-7-3-6-13(14)20-16-8-4-12-23-18(16)10-11-19(20)24-21/h1-2,4-5,8-12H,3,6-7H2. The highest BCUT2D eigenvalue weighted by Crippen LogP contribution is 2.39. The number of halogens is 1. The molecular formula is C21H15FN2. The minimum Gasteiger partial charge on any atom is -0.256 e. The first-order valence-electron chi connectivity index (χ1n) is 8.27. The Kier molecular flexibility index (Phi) is 2.89. The maximum atomic E-state index is 14.3. The molecule has 2 aromatic carbocycles. The Morgan fingerprint density at radius 3 is 2.58 bits per heavy atom. The molecule has 0 saturated heterocycles. The SMILES string of the molecule is Fc1ccccc1-c1nc2ccc3ncccc3c2c2c1CCC2. The van der Waals surface area contributed by atoms with Crippen LogP contribution in [0.2, 0.25) is 0 Å². The predicted octanol–water partition coefficient (Wildman–Crippen LogP) is 5.08. The van der Waals surface area contributed by atoms with E-state index in [-0.39, 0.29) is 5.82 Å². The molecule has 0 amide bonds. The third-order valence-electron chi connectivity index (χ3n) is 4.93. The van der Waals surface area contributed by atoms with Gasteiger partial charge < -0.3 is 0 Å². The minimum atomic E-state index is -0.207. The number of aromatic nitrogens is 2. The normalized spacial score (nSPS) is 13.5. The third kappa shape index (κ3) is 1.88. The maximum absolute atomic E-state index is 14.3. The summed E-state index contributed by atoms with van der Waals surface area (Å²) in [6.07, 6.45) is 4.88. The molecule has 0 aliphatic heterocycles. The van der Waals surface area contributed by atoms with Crippen LogP contribution in [0, 0.1) is 5.82 Å². The monoisotopic (exact) mass is 314 g/mol. The molecule has 0 unspecified atom stereocenters. The molecule has 1 aliphatic rings. The van der Waals surface area contributed by atoms with Crippen molar-refractivity contribution in [1.29, 1.82) is 0 Å². The van der Waals surface area contributed by atoms with Crippen molar-refractivity contribution in [2.24, 2.45) is 0 Å². The second kappa shape index (κ2) is 5.10. The van der Waals surface area contributed by atoms with Crippen LogP contribution >= 0.6 is 0 Å². The Morgan fingerprint density at radius 1 is 0.833 bits per heavy atom. The number of fused-ring (bicyclic) bond motifs is 5. The van der Waals surface area contributed by atoms with Crippen LogP contribution in [0.3, 0.4) is 0 Å². The molecule has 0 N–H and O–H groups in total. The smallest absolute Gasteiger partial charge is 0.132 e. The fraction of sp³-hybridized carbons (Fsp3) is 0.143. The Morgan fingerprint density at radius 2 is 1.67 bits per heavy atom. The molecule has 116 valence electrons. The van der Waals surface area contributed by atoms with Crippen LogP contribution in [-0.2, 0) is 12.8 Å². The van der Waals surface area contributed by atoms with Gasteiger partial charge in [-0.15, -0.1) is 0 Å². The van der Waals surface area contributed by atoms with Gasteiger partial charge >= 0.3 is 0 Å². The largest absolute Gasteiger partial charge is 0.256 e. The molecule has 0 fully saturated rings. The van der Waals surface area contributed by atoms with Crippen molar-refractivity contribution < 1.29 is 4.39 Å². The number of rotatable bonds is 1. The Balaban J connectivity index is 1.93. The second-order valence-corrected chi connectivity index (χ2v) is 6.28. The van der Waals surface area contributed by atoms with E-state index in [0.29, 0.717) is 5.56 Å². The van der Waals surface area contributed by atoms with Gasteiger partial charge in [-0.25, -0.2) is 9.37 Å². The van der Waals surface area contributed by atoms with E-state index in [4.69, 9.17) is 4.98 Å². The molecule has 5 rings (SSSR count). The van der Waals surface area contributed by atoms with Crippen LogP contribution in [0.5, 0.6) is 0 Å². The van der Waals surface area contributed by atoms with Gasteiger partial charge in [-0.05, 0) is 60.7 Å². The zero-order chi connectivity index (χ0) is 16.1. The lowest BCUT2D eigenvalue weighted by atomic mass is 9.96. The molecule has 3 heteroatoms.